The van der Waals surface area contributed by atoms with Crippen molar-refractivity contribution in [1.29, 1.82) is 0 Å². The molecule has 0 saturated heterocycles. The molecule has 1 saturated carbocycles. The Hall–Kier alpha value is -2.85. The standard InChI is InChI=1S/C27H28F8O3/c1-3-5-6-7-8-13-9-11-14(12-10-13)27(36)38-26-23(34)19(30)16(20(31)24(26)35)15-17(28)21(32)25(37-4-2)22(33)18(15)29/h13-14H,3-12H2,1-2H3/t13-,14-. The van der Waals surface area contributed by atoms with Crippen LogP contribution in [0.1, 0.15) is 71.6 Å². The zero-order valence-electron chi connectivity index (χ0n) is 21.0. The van der Waals surface area contributed by atoms with Crippen molar-refractivity contribution >= 4 is 5.97 Å². The van der Waals surface area contributed by atoms with Crippen molar-refractivity contribution < 1.29 is 49.4 Å². The summed E-state index contributed by atoms with van der Waals surface area (Å²) in [4.78, 5) is 12.5. The summed E-state index contributed by atoms with van der Waals surface area (Å²) in [5.41, 5.74) is -4.06. The zero-order chi connectivity index (χ0) is 28.1. The van der Waals surface area contributed by atoms with Gasteiger partial charge in [-0.05, 0) is 38.5 Å². The summed E-state index contributed by atoms with van der Waals surface area (Å²) >= 11 is 0. The van der Waals surface area contributed by atoms with Gasteiger partial charge in [-0.15, -0.1) is 0 Å². The maximum Gasteiger partial charge on any atom is 0.314 e. The van der Waals surface area contributed by atoms with E-state index in [1.807, 2.05) is 0 Å². The van der Waals surface area contributed by atoms with Gasteiger partial charge in [0, 0.05) is 0 Å². The molecule has 1 aliphatic rings. The van der Waals surface area contributed by atoms with Crippen LogP contribution in [0.15, 0.2) is 0 Å². The van der Waals surface area contributed by atoms with Crippen LogP contribution in [0.3, 0.4) is 0 Å². The van der Waals surface area contributed by atoms with Gasteiger partial charge in [0.2, 0.25) is 29.0 Å². The van der Waals surface area contributed by atoms with Crippen LogP contribution in [0.2, 0.25) is 0 Å². The van der Waals surface area contributed by atoms with Crippen molar-refractivity contribution in [3.8, 4) is 22.6 Å². The predicted molar refractivity (Wildman–Crippen MR) is 123 cm³/mol. The molecule has 0 aromatic heterocycles. The van der Waals surface area contributed by atoms with E-state index in [4.69, 9.17) is 0 Å². The number of halogens is 8. The topological polar surface area (TPSA) is 35.5 Å². The number of esters is 1. The van der Waals surface area contributed by atoms with E-state index in [1.54, 1.807) is 0 Å². The first-order valence-corrected chi connectivity index (χ1v) is 12.6. The zero-order valence-corrected chi connectivity index (χ0v) is 21.0. The molecule has 2 aromatic rings. The van der Waals surface area contributed by atoms with Crippen molar-refractivity contribution in [3.05, 3.63) is 46.5 Å². The first-order valence-electron chi connectivity index (χ1n) is 12.6. The third-order valence-corrected chi connectivity index (χ3v) is 6.83. The fraction of sp³-hybridized carbons (Fsp3) is 0.519. The van der Waals surface area contributed by atoms with Crippen molar-refractivity contribution in [3.63, 3.8) is 0 Å². The molecule has 38 heavy (non-hydrogen) atoms. The van der Waals surface area contributed by atoms with E-state index in [2.05, 4.69) is 16.4 Å². The highest BCUT2D eigenvalue weighted by molar-refractivity contribution is 5.76. The van der Waals surface area contributed by atoms with Crippen LogP contribution in [-0.4, -0.2) is 12.6 Å². The molecular formula is C27H28F8O3. The molecule has 1 aliphatic carbocycles. The summed E-state index contributed by atoms with van der Waals surface area (Å²) in [6, 6.07) is 0. The average molecular weight is 553 g/mol. The second kappa shape index (κ2) is 12.8. The molecule has 0 radical (unpaired) electrons. The summed E-state index contributed by atoms with van der Waals surface area (Å²) in [6.45, 7) is 2.93. The van der Waals surface area contributed by atoms with E-state index in [1.165, 1.54) is 6.92 Å². The maximum absolute atomic E-state index is 14.8. The molecule has 3 nitrogen and oxygen atoms in total. The van der Waals surface area contributed by atoms with Gasteiger partial charge in [-0.1, -0.05) is 39.0 Å². The van der Waals surface area contributed by atoms with E-state index in [0.29, 0.717) is 31.6 Å². The average Bonchev–Trinajstić information content (AvgIpc) is 2.91. The van der Waals surface area contributed by atoms with Gasteiger partial charge in [0.1, 0.15) is 0 Å². The number of carbonyl (C=O) groups is 1. The van der Waals surface area contributed by atoms with Crippen LogP contribution in [0.4, 0.5) is 35.1 Å². The Balaban J connectivity index is 1.86. The first-order chi connectivity index (χ1) is 18.0. The molecule has 3 rings (SSSR count). The van der Waals surface area contributed by atoms with Crippen molar-refractivity contribution in [2.24, 2.45) is 11.8 Å². The number of carbonyl (C=O) groups excluding carboxylic acids is 1. The van der Waals surface area contributed by atoms with E-state index in [0.717, 1.165) is 32.1 Å². The van der Waals surface area contributed by atoms with Gasteiger partial charge >= 0.3 is 5.97 Å². The van der Waals surface area contributed by atoms with Crippen molar-refractivity contribution in [2.75, 3.05) is 6.61 Å². The second-order valence-corrected chi connectivity index (χ2v) is 9.34. The molecule has 0 amide bonds. The summed E-state index contributed by atoms with van der Waals surface area (Å²) in [7, 11) is 0. The molecular weight excluding hydrogens is 524 g/mol. The van der Waals surface area contributed by atoms with E-state index in [9.17, 15) is 39.9 Å². The maximum atomic E-state index is 14.8. The third kappa shape index (κ3) is 5.91. The van der Waals surface area contributed by atoms with Gasteiger partial charge in [-0.3, -0.25) is 4.79 Å². The van der Waals surface area contributed by atoms with Gasteiger partial charge in [-0.2, -0.15) is 17.6 Å². The van der Waals surface area contributed by atoms with Crippen LogP contribution < -0.4 is 9.47 Å². The molecule has 11 heteroatoms. The molecule has 0 aliphatic heterocycles. The number of benzene rings is 2. The number of hydrogen-bond acceptors (Lipinski definition) is 3. The highest BCUT2D eigenvalue weighted by Crippen LogP contribution is 2.42. The van der Waals surface area contributed by atoms with Crippen molar-refractivity contribution in [1.82, 2.24) is 0 Å². The second-order valence-electron chi connectivity index (χ2n) is 9.34. The molecule has 1 fully saturated rings. The SMILES string of the molecule is CCCCCC[C@H]1CC[C@H](C(=O)Oc2c(F)c(F)c(-c3c(F)c(F)c(OCC)c(F)c3F)c(F)c2F)CC1. The quantitative estimate of drug-likeness (QED) is 0.0974. The first kappa shape index (κ1) is 29.7. The van der Waals surface area contributed by atoms with Gasteiger partial charge in [0.25, 0.3) is 0 Å². The summed E-state index contributed by atoms with van der Waals surface area (Å²) in [6.07, 6.45) is 7.43. The van der Waals surface area contributed by atoms with Gasteiger partial charge in [-0.25, -0.2) is 17.6 Å². The van der Waals surface area contributed by atoms with Crippen LogP contribution in [-0.2, 0) is 4.79 Å². The molecule has 0 heterocycles. The Morgan fingerprint density at radius 2 is 1.13 bits per heavy atom. The normalized spacial score (nSPS) is 17.5. The molecule has 0 bridgehead atoms. The third-order valence-electron chi connectivity index (χ3n) is 6.83. The molecule has 0 unspecified atom stereocenters. The van der Waals surface area contributed by atoms with Crippen molar-refractivity contribution in [2.45, 2.75) is 71.6 Å². The lowest BCUT2D eigenvalue weighted by molar-refractivity contribution is -0.140. The summed E-state index contributed by atoms with van der Waals surface area (Å²) < 4.78 is 126. The monoisotopic (exact) mass is 552 g/mol. The minimum atomic E-state index is -2.40. The molecule has 0 N–H and O–H groups in total. The van der Waals surface area contributed by atoms with Crippen LogP contribution in [0.5, 0.6) is 11.5 Å². The Bertz CT molecular complexity index is 1120. The molecule has 210 valence electrons. The number of rotatable bonds is 10. The van der Waals surface area contributed by atoms with Gasteiger partial charge in [0.05, 0.1) is 23.7 Å². The summed E-state index contributed by atoms with van der Waals surface area (Å²) in [5.74, 6) is -23.1. The van der Waals surface area contributed by atoms with E-state index < -0.39 is 87.7 Å². The fourth-order valence-corrected chi connectivity index (χ4v) is 4.75. The highest BCUT2D eigenvalue weighted by Gasteiger charge is 2.37. The lowest BCUT2D eigenvalue weighted by Gasteiger charge is -2.27. The number of hydrogen-bond donors (Lipinski definition) is 0. The van der Waals surface area contributed by atoms with Gasteiger partial charge in [0.15, 0.2) is 29.0 Å². The Labute approximate surface area is 215 Å². The lowest BCUT2D eigenvalue weighted by atomic mass is 9.80. The highest BCUT2D eigenvalue weighted by atomic mass is 19.2. The Morgan fingerprint density at radius 1 is 0.658 bits per heavy atom. The summed E-state index contributed by atoms with van der Waals surface area (Å²) in [5, 5.41) is 0. The minimum absolute atomic E-state index is 0.352. The fourth-order valence-electron chi connectivity index (χ4n) is 4.75. The van der Waals surface area contributed by atoms with E-state index in [-0.39, 0.29) is 0 Å². The number of unbranched alkanes of at least 4 members (excludes halogenated alkanes) is 3. The molecule has 0 atom stereocenters. The minimum Gasteiger partial charge on any atom is -0.488 e. The smallest absolute Gasteiger partial charge is 0.314 e. The largest absolute Gasteiger partial charge is 0.488 e. The Morgan fingerprint density at radius 3 is 1.58 bits per heavy atom. The van der Waals surface area contributed by atoms with Crippen LogP contribution in [0.25, 0.3) is 11.1 Å². The van der Waals surface area contributed by atoms with Crippen LogP contribution in [0, 0.1) is 58.4 Å². The lowest BCUT2D eigenvalue weighted by Crippen LogP contribution is -2.26. The molecule has 2 aromatic carbocycles. The van der Waals surface area contributed by atoms with Crippen LogP contribution >= 0.6 is 0 Å². The number of ether oxygens (including phenoxy) is 2. The van der Waals surface area contributed by atoms with Gasteiger partial charge < -0.3 is 9.47 Å². The molecule has 0 spiro atoms. The van der Waals surface area contributed by atoms with E-state index >= 15 is 0 Å². The Kier molecular flexibility index (Phi) is 10.0. The predicted octanol–water partition coefficient (Wildman–Crippen LogP) is 8.55.